The van der Waals surface area contributed by atoms with Crippen LogP contribution < -0.4 is 11.1 Å². The van der Waals surface area contributed by atoms with Gasteiger partial charge in [0.2, 0.25) is 5.91 Å². The molecule has 12 heteroatoms. The Hall–Kier alpha value is -1.76. The van der Waals surface area contributed by atoms with Crippen molar-refractivity contribution >= 4 is 28.1 Å². The van der Waals surface area contributed by atoms with Gasteiger partial charge in [0, 0.05) is 18.5 Å². The Morgan fingerprint density at radius 2 is 2.04 bits per heavy atom. The van der Waals surface area contributed by atoms with E-state index in [1.54, 1.807) is 0 Å². The molecule has 3 rings (SSSR count). The van der Waals surface area contributed by atoms with Gasteiger partial charge in [-0.25, -0.2) is 4.79 Å². The van der Waals surface area contributed by atoms with Crippen molar-refractivity contribution in [1.29, 1.82) is 0 Å². The normalized spacial score (nSPS) is 32.0. The van der Waals surface area contributed by atoms with Gasteiger partial charge in [-0.3, -0.25) is 14.1 Å². The van der Waals surface area contributed by atoms with E-state index < -0.39 is 34.4 Å². The van der Waals surface area contributed by atoms with Crippen LogP contribution in [0.5, 0.6) is 0 Å². The standard InChI is InChI=1S/C12H18N4O7S/c13-8-3-7(8)10(17)4-14-11(18)9-2-1-6-5-15(9)12(19)16(6)23-24(20,21)22/h6-9H,1-5,13H2,(H,14,18)(H,20,21,22)/t6-,7?,8?,9+/m1/s1. The Morgan fingerprint density at radius 3 is 2.62 bits per heavy atom. The third-order valence-corrected chi connectivity index (χ3v) is 4.84. The van der Waals surface area contributed by atoms with Gasteiger partial charge in [0.05, 0.1) is 12.6 Å². The number of amides is 3. The van der Waals surface area contributed by atoms with Crippen molar-refractivity contribution in [3.63, 3.8) is 0 Å². The number of hydrogen-bond donors (Lipinski definition) is 3. The van der Waals surface area contributed by atoms with Gasteiger partial charge in [0.25, 0.3) is 0 Å². The lowest BCUT2D eigenvalue weighted by molar-refractivity contribution is -0.129. The second-order valence-electron chi connectivity index (χ2n) is 6.20. The first kappa shape index (κ1) is 17.1. The third-order valence-electron chi connectivity index (χ3n) is 4.49. The molecule has 24 heavy (non-hydrogen) atoms. The summed E-state index contributed by atoms with van der Waals surface area (Å²) in [4.78, 5) is 37.3. The van der Waals surface area contributed by atoms with E-state index in [0.717, 1.165) is 0 Å². The van der Waals surface area contributed by atoms with Gasteiger partial charge in [0.1, 0.15) is 6.04 Å². The van der Waals surface area contributed by atoms with E-state index in [4.69, 9.17) is 10.3 Å². The van der Waals surface area contributed by atoms with Gasteiger partial charge in [-0.15, -0.1) is 4.28 Å². The number of hydrogen-bond acceptors (Lipinski definition) is 7. The van der Waals surface area contributed by atoms with E-state index in [2.05, 4.69) is 9.60 Å². The Morgan fingerprint density at radius 1 is 1.38 bits per heavy atom. The summed E-state index contributed by atoms with van der Waals surface area (Å²) in [6, 6.07) is -2.33. The zero-order chi connectivity index (χ0) is 17.6. The van der Waals surface area contributed by atoms with E-state index in [0.29, 0.717) is 24.3 Å². The highest BCUT2D eigenvalue weighted by atomic mass is 32.3. The molecule has 2 aliphatic heterocycles. The number of fused-ring (bicyclic) bond motifs is 2. The average Bonchev–Trinajstić information content (AvgIpc) is 3.20. The Bertz CT molecular complexity index is 681. The lowest BCUT2D eigenvalue weighted by Crippen LogP contribution is -2.50. The molecule has 1 saturated carbocycles. The first-order valence-electron chi connectivity index (χ1n) is 7.50. The molecule has 0 radical (unpaired) electrons. The maximum atomic E-state index is 12.2. The molecule has 0 aromatic heterocycles. The van der Waals surface area contributed by atoms with Gasteiger partial charge >= 0.3 is 16.4 Å². The number of carbonyl (C=O) groups excluding carboxylic acids is 3. The summed E-state index contributed by atoms with van der Waals surface area (Å²) in [5, 5.41) is 3.06. The smallest absolute Gasteiger partial charge is 0.347 e. The molecule has 134 valence electrons. The number of Topliss-reactive ketones (excluding diaryl/α,β-unsaturated/α-hetero) is 1. The van der Waals surface area contributed by atoms with Crippen LogP contribution in [0.2, 0.25) is 0 Å². The Labute approximate surface area is 138 Å². The Kier molecular flexibility index (Phi) is 4.23. The fraction of sp³-hybridized carbons (Fsp3) is 0.750. The number of hydroxylamine groups is 2. The highest BCUT2D eigenvalue weighted by Gasteiger charge is 2.49. The second-order valence-corrected chi connectivity index (χ2v) is 7.20. The number of carbonyl (C=O) groups is 3. The number of nitrogens with one attached hydrogen (secondary N) is 1. The first-order valence-corrected chi connectivity index (χ1v) is 8.86. The van der Waals surface area contributed by atoms with Crippen LogP contribution in [0, 0.1) is 5.92 Å². The van der Waals surface area contributed by atoms with Crippen molar-refractivity contribution in [1.82, 2.24) is 15.3 Å². The summed E-state index contributed by atoms with van der Waals surface area (Å²) in [6.45, 7) is -0.0434. The van der Waals surface area contributed by atoms with Crippen molar-refractivity contribution in [3.05, 3.63) is 0 Å². The monoisotopic (exact) mass is 362 g/mol. The first-order chi connectivity index (χ1) is 11.2. The van der Waals surface area contributed by atoms with E-state index in [9.17, 15) is 22.8 Å². The molecule has 2 bridgehead atoms. The fourth-order valence-corrected chi connectivity index (χ4v) is 3.50. The summed E-state index contributed by atoms with van der Waals surface area (Å²) < 4.78 is 34.6. The van der Waals surface area contributed by atoms with Gasteiger partial charge in [0.15, 0.2) is 5.78 Å². The largest absolute Gasteiger partial charge is 0.418 e. The lowest BCUT2D eigenvalue weighted by atomic mass is 10.0. The minimum absolute atomic E-state index is 0.105. The topological polar surface area (TPSA) is 159 Å². The SMILES string of the molecule is NC1CC1C(=O)CNC(=O)[C@@H]1CC[C@@H]2CN1C(=O)N2OS(=O)(=O)O. The molecule has 1 aliphatic carbocycles. The van der Waals surface area contributed by atoms with Crippen LogP contribution >= 0.6 is 0 Å². The minimum atomic E-state index is -4.82. The molecule has 11 nitrogen and oxygen atoms in total. The molecule has 0 spiro atoms. The number of rotatable bonds is 6. The van der Waals surface area contributed by atoms with Crippen LogP contribution in [-0.4, -0.2) is 71.9 Å². The highest BCUT2D eigenvalue weighted by molar-refractivity contribution is 7.80. The predicted molar refractivity (Wildman–Crippen MR) is 77.5 cm³/mol. The van der Waals surface area contributed by atoms with E-state index in [1.807, 2.05) is 0 Å². The van der Waals surface area contributed by atoms with Gasteiger partial charge in [-0.05, 0) is 19.3 Å². The highest BCUT2D eigenvalue weighted by Crippen LogP contribution is 2.31. The average molecular weight is 362 g/mol. The molecule has 0 aromatic carbocycles. The number of piperidine rings is 1. The fourth-order valence-electron chi connectivity index (χ4n) is 3.11. The van der Waals surface area contributed by atoms with Crippen LogP contribution in [0.4, 0.5) is 4.79 Å². The molecule has 0 aromatic rings. The minimum Gasteiger partial charge on any atom is -0.347 e. The molecule has 3 aliphatic rings. The third kappa shape index (κ3) is 3.36. The molecule has 3 amide bonds. The summed E-state index contributed by atoms with van der Waals surface area (Å²) in [6.07, 6.45) is 1.24. The zero-order valence-corrected chi connectivity index (χ0v) is 13.4. The molecular weight excluding hydrogens is 344 g/mol. The van der Waals surface area contributed by atoms with Crippen molar-refractivity contribution in [2.24, 2.45) is 11.7 Å². The molecule has 3 fully saturated rings. The maximum absolute atomic E-state index is 12.2. The number of nitrogens with two attached hydrogens (primary N) is 1. The van der Waals surface area contributed by atoms with Crippen LogP contribution in [0.15, 0.2) is 0 Å². The van der Waals surface area contributed by atoms with Gasteiger partial charge < -0.3 is 16.0 Å². The summed E-state index contributed by atoms with van der Waals surface area (Å²) in [5.74, 6) is -0.847. The van der Waals surface area contributed by atoms with Gasteiger partial charge in [-0.1, -0.05) is 0 Å². The van der Waals surface area contributed by atoms with Crippen molar-refractivity contribution < 1.29 is 31.6 Å². The predicted octanol–water partition coefficient (Wildman–Crippen LogP) is -1.98. The van der Waals surface area contributed by atoms with Crippen LogP contribution in [-0.2, 0) is 24.3 Å². The molecule has 2 unspecified atom stereocenters. The van der Waals surface area contributed by atoms with E-state index in [-0.39, 0.29) is 30.8 Å². The van der Waals surface area contributed by atoms with Crippen molar-refractivity contribution in [2.45, 2.75) is 37.4 Å². The lowest BCUT2D eigenvalue weighted by Gasteiger charge is -2.29. The number of urea groups is 1. The molecule has 4 N–H and O–H groups in total. The molecular formula is C12H18N4O7S. The second kappa shape index (κ2) is 5.95. The molecule has 4 atom stereocenters. The summed E-state index contributed by atoms with van der Waals surface area (Å²) in [7, 11) is -4.82. The van der Waals surface area contributed by atoms with Crippen LogP contribution in [0.25, 0.3) is 0 Å². The molecule has 2 saturated heterocycles. The summed E-state index contributed by atoms with van der Waals surface area (Å²) >= 11 is 0. The van der Waals surface area contributed by atoms with Crippen LogP contribution in [0.1, 0.15) is 19.3 Å². The quantitative estimate of drug-likeness (QED) is 0.458. The maximum Gasteiger partial charge on any atom is 0.418 e. The summed E-state index contributed by atoms with van der Waals surface area (Å²) in [5.41, 5.74) is 5.57. The number of ketones is 1. The van der Waals surface area contributed by atoms with Crippen molar-refractivity contribution in [3.8, 4) is 0 Å². The van der Waals surface area contributed by atoms with E-state index >= 15 is 0 Å². The van der Waals surface area contributed by atoms with Crippen LogP contribution in [0.3, 0.4) is 0 Å². The van der Waals surface area contributed by atoms with Crippen molar-refractivity contribution in [2.75, 3.05) is 13.1 Å². The molecule has 2 heterocycles. The van der Waals surface area contributed by atoms with E-state index in [1.165, 1.54) is 4.90 Å². The van der Waals surface area contributed by atoms with Gasteiger partial charge in [-0.2, -0.15) is 13.5 Å². The number of nitrogens with zero attached hydrogens (tertiary/aromatic N) is 2. The zero-order valence-electron chi connectivity index (χ0n) is 12.6. The Balaban J connectivity index is 1.59.